The van der Waals surface area contributed by atoms with E-state index in [2.05, 4.69) is 5.32 Å². The molecular formula is C21H24Cl2N2O3. The number of amides is 2. The summed E-state index contributed by atoms with van der Waals surface area (Å²) in [5.74, 6) is 0.330. The minimum Gasteiger partial charge on any atom is -0.497 e. The van der Waals surface area contributed by atoms with Crippen LogP contribution >= 0.6 is 23.2 Å². The second-order valence-electron chi connectivity index (χ2n) is 6.35. The van der Waals surface area contributed by atoms with Gasteiger partial charge in [0, 0.05) is 23.1 Å². The molecule has 0 saturated carbocycles. The molecule has 0 aromatic heterocycles. The molecule has 1 N–H and O–H groups in total. The van der Waals surface area contributed by atoms with Crippen LogP contribution in [-0.4, -0.2) is 36.4 Å². The molecule has 2 amide bonds. The van der Waals surface area contributed by atoms with E-state index < -0.39 is 6.04 Å². The lowest BCUT2D eigenvalue weighted by atomic mass is 10.1. The molecule has 0 heterocycles. The summed E-state index contributed by atoms with van der Waals surface area (Å²) in [6.07, 6.45) is 0.0793. The van der Waals surface area contributed by atoms with Crippen molar-refractivity contribution in [3.05, 3.63) is 63.6 Å². The molecular weight excluding hydrogens is 399 g/mol. The third kappa shape index (κ3) is 5.88. The predicted octanol–water partition coefficient (Wildman–Crippen LogP) is 4.10. The van der Waals surface area contributed by atoms with E-state index in [1.165, 1.54) is 0 Å². The van der Waals surface area contributed by atoms with E-state index in [0.717, 1.165) is 11.3 Å². The summed E-state index contributed by atoms with van der Waals surface area (Å²) in [6.45, 7) is 4.35. The number of benzene rings is 2. The number of halogens is 2. The molecule has 5 nitrogen and oxygen atoms in total. The summed E-state index contributed by atoms with van der Waals surface area (Å²) < 4.78 is 5.17. The van der Waals surface area contributed by atoms with Crippen LogP contribution in [0.5, 0.6) is 5.75 Å². The molecule has 2 rings (SSSR count). The maximum absolute atomic E-state index is 13.1. The quantitative estimate of drug-likeness (QED) is 0.696. The molecule has 0 bridgehead atoms. The average Bonchev–Trinajstić information content (AvgIpc) is 2.68. The second kappa shape index (κ2) is 10.3. The fourth-order valence-electron chi connectivity index (χ4n) is 2.76. The van der Waals surface area contributed by atoms with E-state index >= 15 is 0 Å². The van der Waals surface area contributed by atoms with Crippen molar-refractivity contribution in [1.82, 2.24) is 10.2 Å². The lowest BCUT2D eigenvalue weighted by molar-refractivity contribution is -0.140. The second-order valence-corrected chi connectivity index (χ2v) is 7.20. The van der Waals surface area contributed by atoms with Crippen molar-refractivity contribution in [2.24, 2.45) is 0 Å². The molecule has 0 fully saturated rings. The lowest BCUT2D eigenvalue weighted by Crippen LogP contribution is -2.48. The first kappa shape index (κ1) is 22.1. The Kier molecular flexibility index (Phi) is 8.15. The molecule has 0 saturated heterocycles. The van der Waals surface area contributed by atoms with Crippen molar-refractivity contribution >= 4 is 35.0 Å². The molecule has 0 aliphatic heterocycles. The molecule has 0 aliphatic rings. The maximum Gasteiger partial charge on any atom is 0.242 e. The van der Waals surface area contributed by atoms with E-state index in [0.29, 0.717) is 28.7 Å². The Labute approximate surface area is 175 Å². The van der Waals surface area contributed by atoms with Gasteiger partial charge in [0.15, 0.2) is 0 Å². The number of ether oxygens (including phenoxy) is 1. The van der Waals surface area contributed by atoms with Crippen molar-refractivity contribution in [1.29, 1.82) is 0 Å². The number of methoxy groups -OCH3 is 1. The smallest absolute Gasteiger partial charge is 0.242 e. The van der Waals surface area contributed by atoms with Crippen molar-refractivity contribution in [2.75, 3.05) is 13.7 Å². The summed E-state index contributed by atoms with van der Waals surface area (Å²) in [5.41, 5.74) is 1.56. The minimum absolute atomic E-state index is 0.0793. The molecule has 1 atom stereocenters. The van der Waals surface area contributed by atoms with Crippen LogP contribution < -0.4 is 10.1 Å². The summed E-state index contributed by atoms with van der Waals surface area (Å²) in [6, 6.07) is 11.8. The van der Waals surface area contributed by atoms with Gasteiger partial charge in [-0.25, -0.2) is 0 Å². The van der Waals surface area contributed by atoms with Crippen LogP contribution in [0.25, 0.3) is 0 Å². The van der Waals surface area contributed by atoms with Crippen molar-refractivity contribution in [2.45, 2.75) is 32.9 Å². The molecule has 28 heavy (non-hydrogen) atoms. The van der Waals surface area contributed by atoms with Gasteiger partial charge in [-0.2, -0.15) is 0 Å². The topological polar surface area (TPSA) is 58.6 Å². The minimum atomic E-state index is -0.624. The number of hydrogen-bond donors (Lipinski definition) is 1. The van der Waals surface area contributed by atoms with E-state index in [-0.39, 0.29) is 18.2 Å². The zero-order valence-corrected chi connectivity index (χ0v) is 17.7. The first-order chi connectivity index (χ1) is 13.3. The van der Waals surface area contributed by atoms with Crippen LogP contribution in [0.1, 0.15) is 25.0 Å². The highest BCUT2D eigenvalue weighted by Crippen LogP contribution is 2.23. The third-order valence-corrected chi connectivity index (χ3v) is 4.97. The van der Waals surface area contributed by atoms with Crippen molar-refractivity contribution in [3.8, 4) is 5.75 Å². The summed E-state index contributed by atoms with van der Waals surface area (Å²) in [5, 5.41) is 3.70. The Morgan fingerprint density at radius 2 is 1.82 bits per heavy atom. The Balaban J connectivity index is 2.24. The number of carbonyl (C=O) groups is 2. The highest BCUT2D eigenvalue weighted by atomic mass is 35.5. The zero-order valence-electron chi connectivity index (χ0n) is 16.2. The molecule has 0 radical (unpaired) electrons. The fraction of sp³-hybridized carbons (Fsp3) is 0.333. The van der Waals surface area contributed by atoms with E-state index in [4.69, 9.17) is 27.9 Å². The maximum atomic E-state index is 13.1. The largest absolute Gasteiger partial charge is 0.497 e. The third-order valence-electron chi connectivity index (χ3n) is 4.39. The van der Waals surface area contributed by atoms with Gasteiger partial charge in [0.25, 0.3) is 0 Å². The first-order valence-corrected chi connectivity index (χ1v) is 9.75. The first-order valence-electron chi connectivity index (χ1n) is 8.99. The fourth-order valence-corrected chi connectivity index (χ4v) is 3.24. The van der Waals surface area contributed by atoms with Crippen LogP contribution in [0.2, 0.25) is 10.0 Å². The van der Waals surface area contributed by atoms with Gasteiger partial charge in [-0.3, -0.25) is 9.59 Å². The Bertz CT molecular complexity index is 825. The average molecular weight is 423 g/mol. The van der Waals surface area contributed by atoms with E-state index in [1.54, 1.807) is 37.1 Å². The van der Waals surface area contributed by atoms with Crippen LogP contribution in [0.3, 0.4) is 0 Å². The number of nitrogens with one attached hydrogen (secondary N) is 1. The van der Waals surface area contributed by atoms with Crippen LogP contribution in [0, 0.1) is 0 Å². The summed E-state index contributed by atoms with van der Waals surface area (Å²) in [4.78, 5) is 27.0. The Hall–Kier alpha value is -2.24. The van der Waals surface area contributed by atoms with Gasteiger partial charge in [-0.05, 0) is 49.2 Å². The summed E-state index contributed by atoms with van der Waals surface area (Å²) >= 11 is 12.1. The van der Waals surface area contributed by atoms with Crippen LogP contribution in [-0.2, 0) is 22.6 Å². The Morgan fingerprint density at radius 3 is 2.39 bits per heavy atom. The van der Waals surface area contributed by atoms with Gasteiger partial charge in [0.1, 0.15) is 11.8 Å². The van der Waals surface area contributed by atoms with Crippen LogP contribution in [0.15, 0.2) is 42.5 Å². The Morgan fingerprint density at radius 1 is 1.14 bits per heavy atom. The number of rotatable bonds is 8. The molecule has 7 heteroatoms. The van der Waals surface area contributed by atoms with E-state index in [1.807, 2.05) is 31.2 Å². The number of likely N-dealkylation sites (N-methyl/N-ethyl adjacent to an activating group) is 1. The number of carbonyl (C=O) groups excluding carboxylic acids is 2. The van der Waals surface area contributed by atoms with Gasteiger partial charge in [0.2, 0.25) is 11.8 Å². The summed E-state index contributed by atoms with van der Waals surface area (Å²) in [7, 11) is 1.60. The molecule has 0 spiro atoms. The normalized spacial score (nSPS) is 11.6. The molecule has 2 aromatic carbocycles. The standard InChI is InChI=1S/C21H24Cl2N2O3/c1-4-24-21(27)14(2)25(13-15-5-9-18(28-3)10-6-15)20(26)11-16-7-8-17(22)12-19(16)23/h5-10,12,14H,4,11,13H2,1-3H3,(H,24,27). The molecule has 2 aromatic rings. The predicted molar refractivity (Wildman–Crippen MR) is 112 cm³/mol. The van der Waals surface area contributed by atoms with Crippen LogP contribution in [0.4, 0.5) is 0 Å². The lowest BCUT2D eigenvalue weighted by Gasteiger charge is -2.29. The van der Waals surface area contributed by atoms with Gasteiger partial charge in [-0.1, -0.05) is 41.4 Å². The van der Waals surface area contributed by atoms with Crippen molar-refractivity contribution < 1.29 is 14.3 Å². The highest BCUT2D eigenvalue weighted by Gasteiger charge is 2.26. The van der Waals surface area contributed by atoms with Crippen molar-refractivity contribution in [3.63, 3.8) is 0 Å². The van der Waals surface area contributed by atoms with Gasteiger partial charge in [-0.15, -0.1) is 0 Å². The zero-order chi connectivity index (χ0) is 20.7. The van der Waals surface area contributed by atoms with Gasteiger partial charge in [0.05, 0.1) is 13.5 Å². The van der Waals surface area contributed by atoms with Gasteiger partial charge >= 0.3 is 0 Å². The molecule has 150 valence electrons. The molecule has 0 aliphatic carbocycles. The molecule has 1 unspecified atom stereocenters. The van der Waals surface area contributed by atoms with Gasteiger partial charge < -0.3 is 15.0 Å². The SMILES string of the molecule is CCNC(=O)C(C)N(Cc1ccc(OC)cc1)C(=O)Cc1ccc(Cl)cc1Cl. The monoisotopic (exact) mass is 422 g/mol. The highest BCUT2D eigenvalue weighted by molar-refractivity contribution is 6.35. The number of hydrogen-bond acceptors (Lipinski definition) is 3. The van der Waals surface area contributed by atoms with E-state index in [9.17, 15) is 9.59 Å². The number of nitrogens with zero attached hydrogens (tertiary/aromatic N) is 1.